The van der Waals surface area contributed by atoms with Gasteiger partial charge in [-0.3, -0.25) is 4.98 Å². The molecule has 3 heteroatoms. The van der Waals surface area contributed by atoms with Gasteiger partial charge in [0.1, 0.15) is 0 Å². The smallest absolute Gasteiger partial charge is 0.0651 e. The van der Waals surface area contributed by atoms with Crippen molar-refractivity contribution in [1.29, 1.82) is 0 Å². The first-order valence-corrected chi connectivity index (χ1v) is 16.2. The van der Waals surface area contributed by atoms with E-state index in [0.717, 1.165) is 17.8 Å². The summed E-state index contributed by atoms with van der Waals surface area (Å²) in [5.74, 6) is 0. The minimum atomic E-state index is 0.838. The molecule has 0 bridgehead atoms. The second-order valence-corrected chi connectivity index (χ2v) is 13.0. The Morgan fingerprint density at radius 2 is 1.13 bits per heavy atom. The van der Waals surface area contributed by atoms with Crippen molar-refractivity contribution in [1.82, 2.24) is 9.55 Å². The van der Waals surface area contributed by atoms with E-state index < -0.39 is 0 Å². The van der Waals surface area contributed by atoms with Crippen LogP contribution in [0.5, 0.6) is 0 Å². The Morgan fingerprint density at radius 1 is 0.511 bits per heavy atom. The number of benzene rings is 6. The Bertz CT molecular complexity index is 2580. The van der Waals surface area contributed by atoms with E-state index in [-0.39, 0.29) is 0 Å². The molecule has 9 aromatic rings. The summed E-state index contributed by atoms with van der Waals surface area (Å²) in [6.45, 7) is 0. The molecule has 0 aliphatic heterocycles. The van der Waals surface area contributed by atoms with E-state index in [1.807, 2.05) is 11.3 Å². The van der Waals surface area contributed by atoms with Gasteiger partial charge in [-0.25, -0.2) is 0 Å². The fraction of sp³-hybridized carbons (Fsp3) is 0.0238. The Morgan fingerprint density at radius 3 is 1.96 bits per heavy atom. The SMILES string of the molecule is c1cc(-c2cccc3c2Cc2ncc(-n4c5ccccc5c5ccccc54)cc2-3)cc(-c2cccc3c2sc2ccccc23)c1. The molecule has 3 heterocycles. The lowest BCUT2D eigenvalue weighted by molar-refractivity contribution is 1.08. The molecule has 0 N–H and O–H groups in total. The number of nitrogens with zero attached hydrogens (tertiary/aromatic N) is 2. The molecule has 0 amide bonds. The average Bonchev–Trinajstić information content (AvgIpc) is 3.77. The van der Waals surface area contributed by atoms with Crippen LogP contribution in [0.2, 0.25) is 0 Å². The van der Waals surface area contributed by atoms with Crippen molar-refractivity contribution >= 4 is 53.3 Å². The van der Waals surface area contributed by atoms with Gasteiger partial charge >= 0.3 is 0 Å². The van der Waals surface area contributed by atoms with Gasteiger partial charge in [0.2, 0.25) is 0 Å². The Kier molecular flexibility index (Phi) is 5.25. The average molecular weight is 591 g/mol. The number of rotatable bonds is 3. The van der Waals surface area contributed by atoms with Gasteiger partial charge in [-0.1, -0.05) is 109 Å². The molecule has 0 spiro atoms. The first-order chi connectivity index (χ1) is 22.3. The maximum Gasteiger partial charge on any atom is 0.0651 e. The summed E-state index contributed by atoms with van der Waals surface area (Å²) >= 11 is 1.89. The van der Waals surface area contributed by atoms with Crippen molar-refractivity contribution in [3.8, 4) is 39.1 Å². The van der Waals surface area contributed by atoms with Gasteiger partial charge < -0.3 is 4.57 Å². The molecule has 0 fully saturated rings. The van der Waals surface area contributed by atoms with Gasteiger partial charge in [0, 0.05) is 42.9 Å². The molecule has 1 aliphatic rings. The number of aromatic nitrogens is 2. The van der Waals surface area contributed by atoms with Gasteiger partial charge in [-0.15, -0.1) is 11.3 Å². The zero-order valence-corrected chi connectivity index (χ0v) is 25.2. The van der Waals surface area contributed by atoms with Crippen molar-refractivity contribution in [2.24, 2.45) is 0 Å². The van der Waals surface area contributed by atoms with E-state index in [9.17, 15) is 0 Å². The molecule has 0 saturated carbocycles. The summed E-state index contributed by atoms with van der Waals surface area (Å²) in [4.78, 5) is 5.08. The maximum atomic E-state index is 5.08. The van der Waals surface area contributed by atoms with Crippen LogP contribution in [0.25, 0.3) is 81.0 Å². The van der Waals surface area contributed by atoms with Crippen LogP contribution in [0.1, 0.15) is 11.3 Å². The second-order valence-electron chi connectivity index (χ2n) is 11.9. The molecule has 0 unspecified atom stereocenters. The molecule has 0 radical (unpaired) electrons. The van der Waals surface area contributed by atoms with Crippen LogP contribution in [0.15, 0.2) is 146 Å². The highest BCUT2D eigenvalue weighted by atomic mass is 32.1. The van der Waals surface area contributed by atoms with Crippen molar-refractivity contribution in [3.63, 3.8) is 0 Å². The highest BCUT2D eigenvalue weighted by Gasteiger charge is 2.24. The molecule has 1 aliphatic carbocycles. The molecule has 45 heavy (non-hydrogen) atoms. The summed E-state index contributed by atoms with van der Waals surface area (Å²) in [5.41, 5.74) is 13.6. The van der Waals surface area contributed by atoms with E-state index in [1.54, 1.807) is 0 Å². The molecular formula is C42H26N2S. The Hall–Kier alpha value is -5.51. The summed E-state index contributed by atoms with van der Waals surface area (Å²) in [6, 6.07) is 50.9. The van der Waals surface area contributed by atoms with E-state index in [4.69, 9.17) is 4.98 Å². The standard InChI is InChI=1S/C42H26N2S/c1-4-19-39-32(12-1)33-13-2-5-20-40(33)44(39)28-23-37-31-17-8-15-29(36(31)24-38(37)43-25-28)26-10-7-11-27(22-26)30-16-9-18-35-34-14-3-6-21-41(34)45-42(30)35/h1-23,25H,24H2. The van der Waals surface area contributed by atoms with Crippen molar-refractivity contribution < 1.29 is 0 Å². The highest BCUT2D eigenvalue weighted by molar-refractivity contribution is 7.26. The third-order valence-electron chi connectivity index (χ3n) is 9.49. The molecule has 6 aromatic carbocycles. The van der Waals surface area contributed by atoms with Gasteiger partial charge in [0.05, 0.1) is 28.6 Å². The van der Waals surface area contributed by atoms with Gasteiger partial charge in [0.25, 0.3) is 0 Å². The summed E-state index contributed by atoms with van der Waals surface area (Å²) in [7, 11) is 0. The molecular weight excluding hydrogens is 565 g/mol. The second kappa shape index (κ2) is 9.49. The minimum absolute atomic E-state index is 0.838. The summed E-state index contributed by atoms with van der Waals surface area (Å²) < 4.78 is 5.04. The number of hydrogen-bond acceptors (Lipinski definition) is 2. The van der Waals surface area contributed by atoms with Crippen LogP contribution < -0.4 is 0 Å². The van der Waals surface area contributed by atoms with Gasteiger partial charge in [-0.05, 0) is 63.7 Å². The molecule has 0 saturated heterocycles. The van der Waals surface area contributed by atoms with E-state index >= 15 is 0 Å². The monoisotopic (exact) mass is 590 g/mol. The van der Waals surface area contributed by atoms with Crippen LogP contribution in [-0.4, -0.2) is 9.55 Å². The van der Waals surface area contributed by atoms with Crippen LogP contribution in [0.4, 0.5) is 0 Å². The summed E-state index contributed by atoms with van der Waals surface area (Å²) in [5, 5.41) is 5.20. The van der Waals surface area contributed by atoms with Gasteiger partial charge in [0.15, 0.2) is 0 Å². The van der Waals surface area contributed by atoms with Crippen LogP contribution in [-0.2, 0) is 6.42 Å². The largest absolute Gasteiger partial charge is 0.308 e. The molecule has 10 rings (SSSR count). The number of para-hydroxylation sites is 2. The van der Waals surface area contributed by atoms with Crippen LogP contribution in [0.3, 0.4) is 0 Å². The highest BCUT2D eigenvalue weighted by Crippen LogP contribution is 2.44. The first-order valence-electron chi connectivity index (χ1n) is 15.4. The third-order valence-corrected chi connectivity index (χ3v) is 10.7. The molecule has 0 atom stereocenters. The quantitative estimate of drug-likeness (QED) is 0.200. The molecule has 3 aromatic heterocycles. The predicted octanol–water partition coefficient (Wildman–Crippen LogP) is 11.5. The predicted molar refractivity (Wildman–Crippen MR) is 191 cm³/mol. The van der Waals surface area contributed by atoms with Crippen LogP contribution in [0, 0.1) is 0 Å². The normalized spacial score (nSPS) is 12.4. The molecule has 2 nitrogen and oxygen atoms in total. The number of pyridine rings is 1. The lowest BCUT2D eigenvalue weighted by atomic mass is 9.93. The van der Waals surface area contributed by atoms with E-state index in [0.29, 0.717) is 0 Å². The Balaban J connectivity index is 1.10. The van der Waals surface area contributed by atoms with E-state index in [2.05, 4.69) is 150 Å². The maximum absolute atomic E-state index is 5.08. The van der Waals surface area contributed by atoms with E-state index in [1.165, 1.54) is 80.9 Å². The van der Waals surface area contributed by atoms with Crippen molar-refractivity contribution in [2.75, 3.05) is 0 Å². The van der Waals surface area contributed by atoms with Crippen molar-refractivity contribution in [3.05, 3.63) is 157 Å². The number of thiophene rings is 1. The first kappa shape index (κ1) is 24.9. The fourth-order valence-electron chi connectivity index (χ4n) is 7.48. The summed E-state index contributed by atoms with van der Waals surface area (Å²) in [6.07, 6.45) is 2.89. The number of hydrogen-bond donors (Lipinski definition) is 0. The minimum Gasteiger partial charge on any atom is -0.308 e. The Labute approximate surface area is 264 Å². The van der Waals surface area contributed by atoms with Crippen molar-refractivity contribution in [2.45, 2.75) is 6.42 Å². The lowest BCUT2D eigenvalue weighted by Crippen LogP contribution is -1.97. The van der Waals surface area contributed by atoms with Gasteiger partial charge in [-0.2, -0.15) is 0 Å². The topological polar surface area (TPSA) is 17.8 Å². The fourth-order valence-corrected chi connectivity index (χ4v) is 8.71. The number of fused-ring (bicyclic) bond motifs is 9. The third kappa shape index (κ3) is 3.65. The molecule has 210 valence electrons. The zero-order valence-electron chi connectivity index (χ0n) is 24.4. The zero-order chi connectivity index (χ0) is 29.5. The van der Waals surface area contributed by atoms with Crippen LogP contribution >= 0.6 is 11.3 Å². The lowest BCUT2D eigenvalue weighted by Gasteiger charge is -2.12.